The molecule has 4 rings (SSSR count). The van der Waals surface area contributed by atoms with E-state index in [1.54, 1.807) is 29.7 Å². The maximum Gasteiger partial charge on any atom is 0.274 e. The zero-order valence-electron chi connectivity index (χ0n) is 18.4. The Morgan fingerprint density at radius 2 is 1.94 bits per heavy atom. The Labute approximate surface area is 186 Å². The van der Waals surface area contributed by atoms with Crippen molar-refractivity contribution in [1.82, 2.24) is 24.6 Å². The van der Waals surface area contributed by atoms with E-state index in [2.05, 4.69) is 15.1 Å². The van der Waals surface area contributed by atoms with Crippen LogP contribution in [-0.2, 0) is 7.05 Å². The first kappa shape index (κ1) is 21.5. The first-order valence-corrected chi connectivity index (χ1v) is 10.5. The van der Waals surface area contributed by atoms with E-state index in [0.717, 1.165) is 36.3 Å². The summed E-state index contributed by atoms with van der Waals surface area (Å²) in [5.41, 5.74) is 8.32. The van der Waals surface area contributed by atoms with Crippen LogP contribution in [0.2, 0.25) is 0 Å². The molecule has 32 heavy (non-hydrogen) atoms. The summed E-state index contributed by atoms with van der Waals surface area (Å²) in [5.74, 6) is 0.559. The summed E-state index contributed by atoms with van der Waals surface area (Å²) in [4.78, 5) is 35.6. The highest BCUT2D eigenvalue weighted by molar-refractivity contribution is 5.94. The normalized spacial score (nSPS) is 16.1. The summed E-state index contributed by atoms with van der Waals surface area (Å²) >= 11 is 0. The number of amides is 2. The second-order valence-electron chi connectivity index (χ2n) is 7.87. The Morgan fingerprint density at radius 1 is 1.19 bits per heavy atom. The predicted octanol–water partition coefficient (Wildman–Crippen LogP) is 2.66. The summed E-state index contributed by atoms with van der Waals surface area (Å²) in [6.07, 6.45) is 4.06. The smallest absolute Gasteiger partial charge is 0.274 e. The molecule has 3 heterocycles. The summed E-state index contributed by atoms with van der Waals surface area (Å²) in [6, 6.07) is 9.15. The molecule has 1 fully saturated rings. The van der Waals surface area contributed by atoms with Crippen LogP contribution in [0, 0.1) is 6.92 Å². The van der Waals surface area contributed by atoms with Crippen LogP contribution in [0.3, 0.4) is 0 Å². The van der Waals surface area contributed by atoms with Gasteiger partial charge in [-0.15, -0.1) is 0 Å². The number of hydrogen-bond acceptors (Lipinski definition) is 6. The third-order valence-corrected chi connectivity index (χ3v) is 5.81. The molecule has 1 aromatic carbocycles. The maximum atomic E-state index is 13.4. The van der Waals surface area contributed by atoms with E-state index < -0.39 is 5.91 Å². The van der Waals surface area contributed by atoms with Crippen LogP contribution in [0.1, 0.15) is 57.7 Å². The minimum absolute atomic E-state index is 0.162. The van der Waals surface area contributed by atoms with Crippen LogP contribution in [0.4, 0.5) is 0 Å². The van der Waals surface area contributed by atoms with Crippen molar-refractivity contribution in [3.8, 4) is 17.0 Å². The van der Waals surface area contributed by atoms with E-state index in [0.29, 0.717) is 23.8 Å². The highest BCUT2D eigenvalue weighted by Crippen LogP contribution is 2.31. The first-order chi connectivity index (χ1) is 15.4. The SMILES string of the molecule is COc1ccc(-c2cc(C(=O)N3CCCCC3c3ncc(C(N)=O)c(C)n3)nn2C)cc1. The van der Waals surface area contributed by atoms with Crippen LogP contribution in [-0.4, -0.2) is 50.1 Å². The number of nitrogens with zero attached hydrogens (tertiary/aromatic N) is 5. The zero-order chi connectivity index (χ0) is 22.8. The largest absolute Gasteiger partial charge is 0.497 e. The molecule has 0 radical (unpaired) electrons. The molecular formula is C23H26N6O3. The highest BCUT2D eigenvalue weighted by atomic mass is 16.5. The second-order valence-corrected chi connectivity index (χ2v) is 7.87. The highest BCUT2D eigenvalue weighted by Gasteiger charge is 2.32. The number of benzene rings is 1. The molecule has 1 aliphatic rings. The lowest BCUT2D eigenvalue weighted by Crippen LogP contribution is -2.39. The molecule has 1 saturated heterocycles. The standard InChI is InChI=1S/C23H26N6O3/c1-14-17(21(24)30)13-25-22(26-14)19-6-4-5-11-29(19)23(31)18-12-20(28(2)27-18)15-7-9-16(32-3)10-8-15/h7-10,12-13,19H,4-6,11H2,1-3H3,(H2,24,30). The number of hydrogen-bond donors (Lipinski definition) is 1. The lowest BCUT2D eigenvalue weighted by atomic mass is 10.0. The van der Waals surface area contributed by atoms with Crippen molar-refractivity contribution in [1.29, 1.82) is 0 Å². The number of carbonyl (C=O) groups is 2. The van der Waals surface area contributed by atoms with Crippen molar-refractivity contribution >= 4 is 11.8 Å². The molecular weight excluding hydrogens is 408 g/mol. The van der Waals surface area contributed by atoms with Gasteiger partial charge in [0.25, 0.3) is 11.8 Å². The number of piperidine rings is 1. The summed E-state index contributed by atoms with van der Waals surface area (Å²) in [6.45, 7) is 2.32. The van der Waals surface area contributed by atoms with E-state index in [-0.39, 0.29) is 17.5 Å². The molecule has 0 aliphatic carbocycles. The Balaban J connectivity index is 1.62. The van der Waals surface area contributed by atoms with Crippen LogP contribution < -0.4 is 10.5 Å². The number of aromatic nitrogens is 4. The van der Waals surface area contributed by atoms with Crippen molar-refractivity contribution in [2.75, 3.05) is 13.7 Å². The number of carbonyl (C=O) groups excluding carboxylic acids is 2. The number of nitrogens with two attached hydrogens (primary N) is 1. The van der Waals surface area contributed by atoms with E-state index in [4.69, 9.17) is 10.5 Å². The molecule has 3 aromatic rings. The molecule has 1 unspecified atom stereocenters. The molecule has 0 spiro atoms. The van der Waals surface area contributed by atoms with Gasteiger partial charge in [0.05, 0.1) is 30.1 Å². The van der Waals surface area contributed by atoms with Crippen LogP contribution >= 0.6 is 0 Å². The minimum atomic E-state index is -0.565. The number of methoxy groups -OCH3 is 1. The topological polar surface area (TPSA) is 116 Å². The van der Waals surface area contributed by atoms with Gasteiger partial charge in [-0.3, -0.25) is 14.3 Å². The summed E-state index contributed by atoms with van der Waals surface area (Å²) < 4.78 is 6.92. The van der Waals surface area contributed by atoms with E-state index >= 15 is 0 Å². The number of likely N-dealkylation sites (tertiary alicyclic amines) is 1. The van der Waals surface area contributed by atoms with Crippen molar-refractivity contribution in [2.45, 2.75) is 32.2 Å². The second kappa shape index (κ2) is 8.78. The van der Waals surface area contributed by atoms with Gasteiger partial charge in [-0.1, -0.05) is 0 Å². The fourth-order valence-electron chi connectivity index (χ4n) is 4.08. The average Bonchev–Trinajstić information content (AvgIpc) is 3.20. The molecule has 0 saturated carbocycles. The Kier molecular flexibility index (Phi) is 5.89. The van der Waals surface area contributed by atoms with Crippen LogP contribution in [0.15, 0.2) is 36.5 Å². The molecule has 2 aromatic heterocycles. The van der Waals surface area contributed by atoms with E-state index in [1.165, 1.54) is 6.20 Å². The molecule has 9 nitrogen and oxygen atoms in total. The fraction of sp³-hybridized carbons (Fsp3) is 0.348. The lowest BCUT2D eigenvalue weighted by molar-refractivity contribution is 0.0592. The van der Waals surface area contributed by atoms with E-state index in [1.807, 2.05) is 31.3 Å². The monoisotopic (exact) mass is 434 g/mol. The van der Waals surface area contributed by atoms with Gasteiger partial charge >= 0.3 is 0 Å². The third kappa shape index (κ3) is 4.05. The number of rotatable bonds is 5. The Bertz CT molecular complexity index is 1160. The van der Waals surface area contributed by atoms with Gasteiger partial charge in [0.15, 0.2) is 11.5 Å². The van der Waals surface area contributed by atoms with Crippen molar-refractivity contribution in [3.05, 3.63) is 59.3 Å². The van der Waals surface area contributed by atoms with Crippen molar-refractivity contribution < 1.29 is 14.3 Å². The third-order valence-electron chi connectivity index (χ3n) is 5.81. The average molecular weight is 435 g/mol. The number of primary amides is 1. The molecule has 0 bridgehead atoms. The van der Waals surface area contributed by atoms with Crippen molar-refractivity contribution in [3.63, 3.8) is 0 Å². The number of aryl methyl sites for hydroxylation is 2. The molecule has 2 N–H and O–H groups in total. The lowest BCUT2D eigenvalue weighted by Gasteiger charge is -2.34. The van der Waals surface area contributed by atoms with Crippen LogP contribution in [0.5, 0.6) is 5.75 Å². The zero-order valence-corrected chi connectivity index (χ0v) is 18.4. The number of ether oxygens (including phenoxy) is 1. The van der Waals surface area contributed by atoms with Crippen LogP contribution in [0.25, 0.3) is 11.3 Å². The van der Waals surface area contributed by atoms with Gasteiger partial charge in [-0.2, -0.15) is 5.10 Å². The van der Waals surface area contributed by atoms with Crippen molar-refractivity contribution in [2.24, 2.45) is 12.8 Å². The molecule has 1 atom stereocenters. The van der Waals surface area contributed by atoms with Gasteiger partial charge in [0.2, 0.25) is 0 Å². The van der Waals surface area contributed by atoms with Gasteiger partial charge < -0.3 is 15.4 Å². The summed E-state index contributed by atoms with van der Waals surface area (Å²) in [5, 5.41) is 4.48. The van der Waals surface area contributed by atoms with Gasteiger partial charge in [0.1, 0.15) is 5.75 Å². The molecule has 166 valence electrons. The minimum Gasteiger partial charge on any atom is -0.497 e. The Morgan fingerprint density at radius 3 is 2.59 bits per heavy atom. The fourth-order valence-corrected chi connectivity index (χ4v) is 4.08. The Hall–Kier alpha value is -3.75. The molecule has 2 amide bonds. The summed E-state index contributed by atoms with van der Waals surface area (Å²) in [7, 11) is 3.44. The van der Waals surface area contributed by atoms with Gasteiger partial charge in [-0.25, -0.2) is 9.97 Å². The first-order valence-electron chi connectivity index (χ1n) is 10.5. The van der Waals surface area contributed by atoms with Gasteiger partial charge in [0, 0.05) is 25.4 Å². The maximum absolute atomic E-state index is 13.4. The predicted molar refractivity (Wildman–Crippen MR) is 118 cm³/mol. The van der Waals surface area contributed by atoms with E-state index in [9.17, 15) is 9.59 Å². The molecule has 9 heteroatoms. The van der Waals surface area contributed by atoms with Gasteiger partial charge in [-0.05, 0) is 56.5 Å². The molecule has 1 aliphatic heterocycles. The quantitative estimate of drug-likeness (QED) is 0.660.